The van der Waals surface area contributed by atoms with E-state index in [-0.39, 0.29) is 0 Å². The van der Waals surface area contributed by atoms with Crippen LogP contribution in [0.2, 0.25) is 0 Å². The molecule has 1 aromatic heterocycles. The van der Waals surface area contributed by atoms with E-state index < -0.39 is 0 Å². The normalized spacial score (nSPS) is 11.5. The first kappa shape index (κ1) is 26.7. The van der Waals surface area contributed by atoms with Crippen LogP contribution in [0, 0.1) is 0 Å². The largest absolute Gasteiger partial charge is 0.310 e. The summed E-state index contributed by atoms with van der Waals surface area (Å²) in [6, 6.07) is 64.0. The summed E-state index contributed by atoms with van der Waals surface area (Å²) in [5.41, 5.74) is 8.27. The molecular formula is C44H29NS. The van der Waals surface area contributed by atoms with Crippen molar-refractivity contribution in [3.05, 3.63) is 176 Å². The first-order valence-electron chi connectivity index (χ1n) is 15.7. The van der Waals surface area contributed by atoms with Gasteiger partial charge in [0.15, 0.2) is 0 Å². The lowest BCUT2D eigenvalue weighted by molar-refractivity contribution is 1.30. The van der Waals surface area contributed by atoms with Crippen molar-refractivity contribution in [2.45, 2.75) is 0 Å². The van der Waals surface area contributed by atoms with Crippen LogP contribution in [0.25, 0.3) is 64.0 Å². The average molecular weight is 604 g/mol. The molecule has 0 radical (unpaired) electrons. The van der Waals surface area contributed by atoms with Gasteiger partial charge < -0.3 is 4.90 Å². The van der Waals surface area contributed by atoms with Gasteiger partial charge in [0.05, 0.1) is 5.69 Å². The maximum atomic E-state index is 2.39. The van der Waals surface area contributed by atoms with Crippen molar-refractivity contribution in [3.63, 3.8) is 0 Å². The molecule has 0 unspecified atom stereocenters. The maximum absolute atomic E-state index is 2.39. The fourth-order valence-corrected chi connectivity index (χ4v) is 7.88. The fraction of sp³-hybridized carbons (Fsp3) is 0. The Morgan fingerprint density at radius 2 is 0.957 bits per heavy atom. The summed E-state index contributed by atoms with van der Waals surface area (Å²) >= 11 is 1.87. The predicted octanol–water partition coefficient (Wildman–Crippen LogP) is 13.2. The Labute approximate surface area is 272 Å². The number of hydrogen-bond acceptors (Lipinski definition) is 2. The number of nitrogens with zero attached hydrogens (tertiary/aromatic N) is 1. The highest BCUT2D eigenvalue weighted by atomic mass is 32.1. The Morgan fingerprint density at radius 1 is 0.326 bits per heavy atom. The quantitative estimate of drug-likeness (QED) is 0.189. The van der Waals surface area contributed by atoms with Gasteiger partial charge in [-0.1, -0.05) is 127 Å². The maximum Gasteiger partial charge on any atom is 0.0540 e. The standard InChI is InChI=1S/C44H29NS/c1-2-11-33-27-35(20-19-30(33)9-1)34-13-7-14-38(28-34)45(42-17-8-12-32-10-3-4-15-39(32)42)37-24-21-31(22-25-37)36-23-26-41-40-16-5-6-18-43(40)46-44(41)29-36/h1-29H. The van der Waals surface area contributed by atoms with Crippen LogP contribution in [-0.4, -0.2) is 0 Å². The summed E-state index contributed by atoms with van der Waals surface area (Å²) < 4.78 is 2.66. The molecule has 0 N–H and O–H groups in total. The molecule has 0 bridgehead atoms. The van der Waals surface area contributed by atoms with Crippen LogP contribution in [0.1, 0.15) is 0 Å². The lowest BCUT2D eigenvalue weighted by Gasteiger charge is -2.27. The van der Waals surface area contributed by atoms with Crippen molar-refractivity contribution in [2.24, 2.45) is 0 Å². The molecule has 9 aromatic rings. The molecule has 2 heteroatoms. The number of thiophene rings is 1. The molecule has 0 saturated carbocycles. The van der Waals surface area contributed by atoms with Gasteiger partial charge in [0.1, 0.15) is 0 Å². The highest BCUT2D eigenvalue weighted by Crippen LogP contribution is 2.42. The van der Waals surface area contributed by atoms with Gasteiger partial charge in [-0.05, 0) is 86.9 Å². The second-order valence-corrected chi connectivity index (χ2v) is 12.9. The van der Waals surface area contributed by atoms with Crippen LogP contribution in [0.5, 0.6) is 0 Å². The number of benzene rings is 8. The lowest BCUT2D eigenvalue weighted by Crippen LogP contribution is -2.10. The lowest BCUT2D eigenvalue weighted by atomic mass is 9.99. The number of fused-ring (bicyclic) bond motifs is 5. The van der Waals surface area contributed by atoms with Gasteiger partial charge in [-0.3, -0.25) is 0 Å². The molecule has 0 aliphatic heterocycles. The first-order chi connectivity index (χ1) is 22.8. The highest BCUT2D eigenvalue weighted by Gasteiger charge is 2.17. The molecular weight excluding hydrogens is 575 g/mol. The smallest absolute Gasteiger partial charge is 0.0540 e. The summed E-state index contributed by atoms with van der Waals surface area (Å²) in [5.74, 6) is 0. The van der Waals surface area contributed by atoms with Crippen molar-refractivity contribution < 1.29 is 0 Å². The molecule has 1 nitrogen and oxygen atoms in total. The zero-order valence-corrected chi connectivity index (χ0v) is 25.9. The van der Waals surface area contributed by atoms with E-state index in [1.54, 1.807) is 0 Å². The highest BCUT2D eigenvalue weighted by molar-refractivity contribution is 7.25. The molecule has 9 rings (SSSR count). The summed E-state index contributed by atoms with van der Waals surface area (Å²) in [5, 5.41) is 7.62. The van der Waals surface area contributed by atoms with E-state index in [0.717, 1.165) is 17.1 Å². The van der Waals surface area contributed by atoms with Crippen molar-refractivity contribution >= 4 is 70.1 Å². The van der Waals surface area contributed by atoms with E-state index >= 15 is 0 Å². The van der Waals surface area contributed by atoms with Crippen LogP contribution < -0.4 is 4.90 Å². The van der Waals surface area contributed by atoms with E-state index in [9.17, 15) is 0 Å². The van der Waals surface area contributed by atoms with Crippen LogP contribution >= 0.6 is 11.3 Å². The summed E-state index contributed by atoms with van der Waals surface area (Å²) in [4.78, 5) is 2.39. The van der Waals surface area contributed by atoms with Gasteiger partial charge in [-0.15, -0.1) is 11.3 Å². The van der Waals surface area contributed by atoms with Crippen molar-refractivity contribution in [1.82, 2.24) is 0 Å². The first-order valence-corrected chi connectivity index (χ1v) is 16.5. The summed E-state index contributed by atoms with van der Waals surface area (Å²) in [7, 11) is 0. The fourth-order valence-electron chi connectivity index (χ4n) is 6.73. The van der Waals surface area contributed by atoms with Crippen LogP contribution in [0.15, 0.2) is 176 Å². The number of hydrogen-bond donors (Lipinski definition) is 0. The third-order valence-electron chi connectivity index (χ3n) is 9.03. The monoisotopic (exact) mass is 603 g/mol. The number of anilines is 3. The topological polar surface area (TPSA) is 3.24 Å². The molecule has 0 atom stereocenters. The number of rotatable bonds is 5. The van der Waals surface area contributed by atoms with E-state index in [1.165, 1.54) is 64.0 Å². The molecule has 0 aliphatic rings. The average Bonchev–Trinajstić information content (AvgIpc) is 3.50. The van der Waals surface area contributed by atoms with Gasteiger partial charge in [-0.25, -0.2) is 0 Å². The minimum Gasteiger partial charge on any atom is -0.310 e. The Kier molecular flexibility index (Phi) is 6.40. The van der Waals surface area contributed by atoms with Gasteiger partial charge >= 0.3 is 0 Å². The van der Waals surface area contributed by atoms with E-state index in [0.29, 0.717) is 0 Å². The molecule has 216 valence electrons. The van der Waals surface area contributed by atoms with Gasteiger partial charge in [0.2, 0.25) is 0 Å². The Hall–Kier alpha value is -5.70. The SMILES string of the molecule is c1cc(-c2ccc3ccccc3c2)cc(N(c2ccc(-c3ccc4c(c3)sc3ccccc34)cc2)c2cccc3ccccc23)c1. The molecule has 8 aromatic carbocycles. The van der Waals surface area contributed by atoms with Gasteiger partial charge in [-0.2, -0.15) is 0 Å². The van der Waals surface area contributed by atoms with E-state index in [4.69, 9.17) is 0 Å². The van der Waals surface area contributed by atoms with E-state index in [1.807, 2.05) is 11.3 Å². The molecule has 46 heavy (non-hydrogen) atoms. The second kappa shape index (κ2) is 11.0. The second-order valence-electron chi connectivity index (χ2n) is 11.8. The van der Waals surface area contributed by atoms with Crippen LogP contribution in [0.3, 0.4) is 0 Å². The third-order valence-corrected chi connectivity index (χ3v) is 10.2. The minimum absolute atomic E-state index is 1.12. The van der Waals surface area contributed by atoms with Gasteiger partial charge in [0, 0.05) is 36.9 Å². The zero-order chi connectivity index (χ0) is 30.5. The Morgan fingerprint density at radius 3 is 1.85 bits per heavy atom. The summed E-state index contributed by atoms with van der Waals surface area (Å²) in [6.45, 7) is 0. The molecule has 1 heterocycles. The molecule has 0 amide bonds. The Balaban J connectivity index is 1.16. The minimum atomic E-state index is 1.12. The van der Waals surface area contributed by atoms with Gasteiger partial charge in [0.25, 0.3) is 0 Å². The molecule has 0 spiro atoms. The van der Waals surface area contributed by atoms with Crippen molar-refractivity contribution in [1.29, 1.82) is 0 Å². The van der Waals surface area contributed by atoms with Crippen molar-refractivity contribution in [2.75, 3.05) is 4.90 Å². The zero-order valence-electron chi connectivity index (χ0n) is 25.1. The van der Waals surface area contributed by atoms with E-state index in [2.05, 4.69) is 181 Å². The molecule has 0 fully saturated rings. The van der Waals surface area contributed by atoms with Crippen molar-refractivity contribution in [3.8, 4) is 22.3 Å². The molecule has 0 aliphatic carbocycles. The summed E-state index contributed by atoms with van der Waals surface area (Å²) in [6.07, 6.45) is 0. The van der Waals surface area contributed by atoms with Crippen LogP contribution in [-0.2, 0) is 0 Å². The Bertz CT molecular complexity index is 2530. The third kappa shape index (κ3) is 4.63. The molecule has 0 saturated heterocycles. The predicted molar refractivity (Wildman–Crippen MR) is 200 cm³/mol. The van der Waals surface area contributed by atoms with Crippen LogP contribution in [0.4, 0.5) is 17.1 Å².